The van der Waals surface area contributed by atoms with Gasteiger partial charge in [0.1, 0.15) is 18.3 Å². The van der Waals surface area contributed by atoms with Gasteiger partial charge in [-0.3, -0.25) is 24.2 Å². The number of methoxy groups -OCH3 is 2. The van der Waals surface area contributed by atoms with Gasteiger partial charge in [-0.2, -0.15) is 0 Å². The molecule has 0 saturated heterocycles. The summed E-state index contributed by atoms with van der Waals surface area (Å²) in [6, 6.07) is 3.07. The second-order valence-corrected chi connectivity index (χ2v) is 5.03. The second-order valence-electron chi connectivity index (χ2n) is 5.03. The molecule has 1 heterocycles. The number of rotatable bonds is 9. The Labute approximate surface area is 147 Å². The molecule has 2 atom stereocenters. The Morgan fingerprint density at radius 1 is 1.32 bits per heavy atom. The van der Waals surface area contributed by atoms with Crippen molar-refractivity contribution in [2.75, 3.05) is 25.7 Å². The molecule has 1 rings (SSSR count). The molecular weight excluding hydrogens is 326 g/mol. The lowest BCUT2D eigenvalue weighted by atomic mass is 10.2. The standard InChI is InChI=1S/C17H22N3O5/c1-6-15(22)19(10-11-21)16-14(8-7-9-18-16)17(23)20(12(2)24-4)13(3)25-5/h6-9,12-13H,1,10H2,2-5H3. The Hall–Kier alpha value is -2.58. The maximum Gasteiger partial charge on any atom is 0.261 e. The van der Waals surface area contributed by atoms with Crippen LogP contribution in [0.5, 0.6) is 0 Å². The van der Waals surface area contributed by atoms with Gasteiger partial charge in [-0.25, -0.2) is 4.98 Å². The molecule has 0 aliphatic carbocycles. The highest BCUT2D eigenvalue weighted by atomic mass is 16.5. The van der Waals surface area contributed by atoms with E-state index in [4.69, 9.17) is 9.47 Å². The molecule has 135 valence electrons. The highest BCUT2D eigenvalue weighted by Crippen LogP contribution is 2.22. The Kier molecular flexibility index (Phi) is 7.90. The Balaban J connectivity index is 3.40. The normalized spacial score (nSPS) is 12.8. The van der Waals surface area contributed by atoms with E-state index in [-0.39, 0.29) is 17.9 Å². The van der Waals surface area contributed by atoms with Crippen LogP contribution in [-0.2, 0) is 19.1 Å². The van der Waals surface area contributed by atoms with Gasteiger partial charge in [0, 0.05) is 20.4 Å². The molecule has 25 heavy (non-hydrogen) atoms. The third-order valence-corrected chi connectivity index (χ3v) is 3.64. The fourth-order valence-electron chi connectivity index (χ4n) is 2.20. The Morgan fingerprint density at radius 2 is 1.92 bits per heavy atom. The maximum absolute atomic E-state index is 13.0. The van der Waals surface area contributed by atoms with Crippen molar-refractivity contribution in [3.05, 3.63) is 36.5 Å². The number of carbonyl (C=O) groups excluding carboxylic acids is 3. The van der Waals surface area contributed by atoms with E-state index in [9.17, 15) is 14.4 Å². The summed E-state index contributed by atoms with van der Waals surface area (Å²) in [6.07, 6.45) is 2.92. The SMILES string of the molecule is C=CC(=O)N(C[C]=O)c1ncccc1C(=O)N(C(C)OC)C(C)OC. The van der Waals surface area contributed by atoms with E-state index in [2.05, 4.69) is 11.6 Å². The number of pyridine rings is 1. The van der Waals surface area contributed by atoms with Gasteiger partial charge in [-0.1, -0.05) is 6.58 Å². The fraction of sp³-hybridized carbons (Fsp3) is 0.412. The molecule has 0 aliphatic heterocycles. The number of hydrogen-bond donors (Lipinski definition) is 0. The third kappa shape index (κ3) is 4.71. The van der Waals surface area contributed by atoms with Gasteiger partial charge >= 0.3 is 0 Å². The van der Waals surface area contributed by atoms with Crippen molar-refractivity contribution < 1.29 is 23.9 Å². The van der Waals surface area contributed by atoms with E-state index in [1.165, 1.54) is 31.4 Å². The highest BCUT2D eigenvalue weighted by Gasteiger charge is 2.30. The van der Waals surface area contributed by atoms with Crippen LogP contribution in [0, 0.1) is 0 Å². The lowest BCUT2D eigenvalue weighted by molar-refractivity contribution is -0.114. The van der Waals surface area contributed by atoms with Crippen LogP contribution >= 0.6 is 0 Å². The van der Waals surface area contributed by atoms with E-state index < -0.39 is 24.3 Å². The second kappa shape index (κ2) is 9.65. The minimum atomic E-state index is -0.586. The van der Waals surface area contributed by atoms with Crippen molar-refractivity contribution >= 4 is 23.9 Å². The maximum atomic E-state index is 13.0. The monoisotopic (exact) mass is 348 g/mol. The summed E-state index contributed by atoms with van der Waals surface area (Å²) in [7, 11) is 2.93. The Bertz CT molecular complexity index is 624. The van der Waals surface area contributed by atoms with Crippen LogP contribution in [0.2, 0.25) is 0 Å². The van der Waals surface area contributed by atoms with Crippen LogP contribution in [0.3, 0.4) is 0 Å². The number of hydrogen-bond acceptors (Lipinski definition) is 6. The molecule has 0 bridgehead atoms. The van der Waals surface area contributed by atoms with Gasteiger partial charge in [0.2, 0.25) is 6.29 Å². The minimum Gasteiger partial charge on any atom is -0.362 e. The first-order valence-electron chi connectivity index (χ1n) is 7.55. The van der Waals surface area contributed by atoms with Gasteiger partial charge < -0.3 is 9.47 Å². The molecule has 8 heteroatoms. The largest absolute Gasteiger partial charge is 0.362 e. The van der Waals surface area contributed by atoms with Crippen molar-refractivity contribution in [2.45, 2.75) is 26.3 Å². The molecule has 0 fully saturated rings. The van der Waals surface area contributed by atoms with Gasteiger partial charge in [-0.15, -0.1) is 0 Å². The van der Waals surface area contributed by atoms with Crippen molar-refractivity contribution in [3.8, 4) is 0 Å². The zero-order valence-corrected chi connectivity index (χ0v) is 14.8. The number of amides is 2. The predicted octanol–water partition coefficient (Wildman–Crippen LogP) is 1.14. The molecule has 8 nitrogen and oxygen atoms in total. The predicted molar refractivity (Wildman–Crippen MR) is 91.6 cm³/mol. The quantitative estimate of drug-likeness (QED) is 0.491. The van der Waals surface area contributed by atoms with Crippen LogP contribution in [0.1, 0.15) is 24.2 Å². The summed E-state index contributed by atoms with van der Waals surface area (Å²) in [5.74, 6) is -0.987. The van der Waals surface area contributed by atoms with Crippen LogP contribution < -0.4 is 4.90 Å². The van der Waals surface area contributed by atoms with E-state index in [0.29, 0.717) is 0 Å². The van der Waals surface area contributed by atoms with E-state index in [0.717, 1.165) is 11.0 Å². The molecule has 0 aliphatic rings. The van der Waals surface area contributed by atoms with Gasteiger partial charge in [0.15, 0.2) is 0 Å². The van der Waals surface area contributed by atoms with Crippen LogP contribution in [-0.4, -0.2) is 61.2 Å². The Morgan fingerprint density at radius 3 is 2.40 bits per heavy atom. The smallest absolute Gasteiger partial charge is 0.261 e. The molecule has 2 amide bonds. The summed E-state index contributed by atoms with van der Waals surface area (Å²) >= 11 is 0. The lowest BCUT2D eigenvalue weighted by Crippen LogP contribution is -2.47. The molecule has 0 aromatic carbocycles. The lowest BCUT2D eigenvalue weighted by Gasteiger charge is -2.33. The summed E-state index contributed by atoms with van der Waals surface area (Å²) in [4.78, 5) is 42.4. The average molecular weight is 348 g/mol. The molecule has 2 unspecified atom stereocenters. The third-order valence-electron chi connectivity index (χ3n) is 3.64. The van der Waals surface area contributed by atoms with Gasteiger partial charge in [-0.05, 0) is 32.1 Å². The summed E-state index contributed by atoms with van der Waals surface area (Å²) < 4.78 is 10.5. The van der Waals surface area contributed by atoms with Crippen molar-refractivity contribution in [3.63, 3.8) is 0 Å². The summed E-state index contributed by atoms with van der Waals surface area (Å²) in [6.45, 7) is 6.40. The first-order valence-corrected chi connectivity index (χ1v) is 7.55. The molecular formula is C17H22N3O5. The van der Waals surface area contributed by atoms with E-state index >= 15 is 0 Å². The zero-order valence-electron chi connectivity index (χ0n) is 14.8. The zero-order chi connectivity index (χ0) is 19.0. The van der Waals surface area contributed by atoms with Crippen LogP contribution in [0.4, 0.5) is 5.82 Å². The fourth-order valence-corrected chi connectivity index (χ4v) is 2.20. The van der Waals surface area contributed by atoms with Crippen molar-refractivity contribution in [1.82, 2.24) is 9.88 Å². The minimum absolute atomic E-state index is 0.0392. The first kappa shape index (κ1) is 20.5. The van der Waals surface area contributed by atoms with E-state index in [1.807, 2.05) is 0 Å². The molecule has 1 radical (unpaired) electrons. The summed E-state index contributed by atoms with van der Waals surface area (Å²) in [5, 5.41) is 0. The molecule has 1 aromatic rings. The molecule has 0 saturated carbocycles. The number of aromatic nitrogens is 1. The molecule has 1 aromatic heterocycles. The van der Waals surface area contributed by atoms with E-state index in [1.54, 1.807) is 26.2 Å². The van der Waals surface area contributed by atoms with Crippen molar-refractivity contribution in [2.24, 2.45) is 0 Å². The van der Waals surface area contributed by atoms with Gasteiger partial charge in [0.25, 0.3) is 11.8 Å². The number of ether oxygens (including phenoxy) is 2. The average Bonchev–Trinajstić information content (AvgIpc) is 2.65. The molecule has 0 spiro atoms. The number of nitrogens with zero attached hydrogens (tertiary/aromatic N) is 3. The first-order chi connectivity index (χ1) is 11.9. The topological polar surface area (TPSA) is 89.0 Å². The number of carbonyl (C=O) groups is 2. The number of anilines is 1. The van der Waals surface area contributed by atoms with Crippen LogP contribution in [0.25, 0.3) is 0 Å². The summed E-state index contributed by atoms with van der Waals surface area (Å²) in [5.41, 5.74) is 0.126. The molecule has 0 N–H and O–H groups in total. The van der Waals surface area contributed by atoms with Crippen molar-refractivity contribution in [1.29, 1.82) is 0 Å². The van der Waals surface area contributed by atoms with Crippen LogP contribution in [0.15, 0.2) is 31.0 Å². The highest BCUT2D eigenvalue weighted by molar-refractivity contribution is 6.07. The van der Waals surface area contributed by atoms with Gasteiger partial charge in [0.05, 0.1) is 12.1 Å².